The first-order chi connectivity index (χ1) is 19.5. The summed E-state index contributed by atoms with van der Waals surface area (Å²) in [6.45, 7) is 10.2. The summed E-state index contributed by atoms with van der Waals surface area (Å²) in [5, 5.41) is 3.10. The van der Waals surface area contributed by atoms with E-state index in [4.69, 9.17) is 9.47 Å². The highest BCUT2D eigenvalue weighted by Crippen LogP contribution is 2.31. The standard InChI is InChI=1S/C31H38N6O3/c1-22-33-27-7-4-24(19-28(27)34-22)23-5-9-30-25(18-23)20-37(14-17-40-30)21-26-6-8-29(35(26)2)31(38)32-10-3-11-36-12-15-39-16-13-36/h4-9,18-19H,3,10-17,20-21H2,1-2H3,(H,32,38)(H,33,34). The highest BCUT2D eigenvalue weighted by atomic mass is 16.5. The predicted octanol–water partition coefficient (Wildman–Crippen LogP) is 3.72. The van der Waals surface area contributed by atoms with Gasteiger partial charge in [0.15, 0.2) is 0 Å². The number of benzene rings is 2. The fourth-order valence-electron chi connectivity index (χ4n) is 5.67. The van der Waals surface area contributed by atoms with Crippen molar-refractivity contribution in [3.05, 3.63) is 71.3 Å². The lowest BCUT2D eigenvalue weighted by Gasteiger charge is -2.26. The smallest absolute Gasteiger partial charge is 0.267 e. The van der Waals surface area contributed by atoms with E-state index in [1.165, 1.54) is 5.56 Å². The second-order valence-electron chi connectivity index (χ2n) is 10.8. The molecular weight excluding hydrogens is 504 g/mol. The van der Waals surface area contributed by atoms with Gasteiger partial charge in [-0.05, 0) is 67.4 Å². The number of aryl methyl sites for hydroxylation is 1. The molecule has 1 fully saturated rings. The van der Waals surface area contributed by atoms with E-state index >= 15 is 0 Å². The Kier molecular flexibility index (Phi) is 7.86. The molecule has 6 rings (SSSR count). The molecule has 4 aromatic rings. The van der Waals surface area contributed by atoms with Crippen LogP contribution in [0.25, 0.3) is 22.2 Å². The fourth-order valence-corrected chi connectivity index (χ4v) is 5.67. The number of H-pyrrole nitrogens is 1. The molecule has 4 heterocycles. The summed E-state index contributed by atoms with van der Waals surface area (Å²) in [6.07, 6.45) is 0.938. The molecule has 0 radical (unpaired) electrons. The maximum atomic E-state index is 12.9. The van der Waals surface area contributed by atoms with Crippen molar-refractivity contribution >= 4 is 16.9 Å². The Morgan fingerprint density at radius 1 is 1.00 bits per heavy atom. The van der Waals surface area contributed by atoms with Crippen molar-refractivity contribution in [3.8, 4) is 16.9 Å². The van der Waals surface area contributed by atoms with Crippen LogP contribution in [-0.4, -0.2) is 82.8 Å². The SMILES string of the molecule is Cc1nc2ccc(-c3ccc4c(c3)CN(Cc3ccc(C(=O)NCCCN5CCOCC5)n3C)CCO4)cc2[nH]1. The lowest BCUT2D eigenvalue weighted by molar-refractivity contribution is 0.0374. The highest BCUT2D eigenvalue weighted by molar-refractivity contribution is 5.92. The Bertz CT molecular complexity index is 1490. The third-order valence-corrected chi connectivity index (χ3v) is 7.94. The average Bonchev–Trinajstić information content (AvgIpc) is 3.44. The molecule has 9 nitrogen and oxygen atoms in total. The molecule has 2 aliphatic rings. The van der Waals surface area contributed by atoms with Crippen molar-refractivity contribution in [1.29, 1.82) is 0 Å². The van der Waals surface area contributed by atoms with Gasteiger partial charge in [0.05, 0.1) is 24.2 Å². The van der Waals surface area contributed by atoms with E-state index in [-0.39, 0.29) is 5.91 Å². The van der Waals surface area contributed by atoms with Gasteiger partial charge in [-0.25, -0.2) is 4.98 Å². The molecule has 40 heavy (non-hydrogen) atoms. The molecule has 2 aliphatic heterocycles. The number of nitrogens with zero attached hydrogens (tertiary/aromatic N) is 4. The number of amides is 1. The minimum absolute atomic E-state index is 0.0191. The first kappa shape index (κ1) is 26.6. The van der Waals surface area contributed by atoms with Crippen LogP contribution in [0.15, 0.2) is 48.5 Å². The summed E-state index contributed by atoms with van der Waals surface area (Å²) < 4.78 is 13.5. The van der Waals surface area contributed by atoms with Crippen LogP contribution >= 0.6 is 0 Å². The summed E-state index contributed by atoms with van der Waals surface area (Å²) in [7, 11) is 1.98. The van der Waals surface area contributed by atoms with Crippen molar-refractivity contribution in [2.24, 2.45) is 7.05 Å². The summed E-state index contributed by atoms with van der Waals surface area (Å²) in [4.78, 5) is 25.5. The van der Waals surface area contributed by atoms with E-state index in [0.29, 0.717) is 18.8 Å². The largest absolute Gasteiger partial charge is 0.492 e. The highest BCUT2D eigenvalue weighted by Gasteiger charge is 2.20. The molecule has 0 bridgehead atoms. The molecule has 0 spiro atoms. The number of aromatic amines is 1. The summed E-state index contributed by atoms with van der Waals surface area (Å²) in [6, 6.07) is 16.8. The summed E-state index contributed by atoms with van der Waals surface area (Å²) in [5.41, 5.74) is 7.31. The molecule has 0 atom stereocenters. The number of aromatic nitrogens is 3. The third kappa shape index (κ3) is 5.91. The minimum Gasteiger partial charge on any atom is -0.492 e. The van der Waals surface area contributed by atoms with E-state index in [0.717, 1.165) is 98.3 Å². The third-order valence-electron chi connectivity index (χ3n) is 7.94. The normalized spacial score (nSPS) is 16.4. The Morgan fingerprint density at radius 2 is 1.80 bits per heavy atom. The number of ether oxygens (including phenoxy) is 2. The molecule has 210 valence electrons. The van der Waals surface area contributed by atoms with Gasteiger partial charge < -0.3 is 24.3 Å². The summed E-state index contributed by atoms with van der Waals surface area (Å²) >= 11 is 0. The minimum atomic E-state index is -0.0191. The van der Waals surface area contributed by atoms with Gasteiger partial charge in [0.2, 0.25) is 0 Å². The predicted molar refractivity (Wildman–Crippen MR) is 155 cm³/mol. The second kappa shape index (κ2) is 11.8. The molecule has 1 amide bonds. The first-order valence-corrected chi connectivity index (χ1v) is 14.2. The van der Waals surface area contributed by atoms with Crippen LogP contribution in [-0.2, 0) is 24.9 Å². The fraction of sp³-hybridized carbons (Fsp3) is 0.419. The van der Waals surface area contributed by atoms with Crippen LogP contribution in [0.5, 0.6) is 5.75 Å². The van der Waals surface area contributed by atoms with Gasteiger partial charge in [0.1, 0.15) is 23.9 Å². The number of nitrogens with one attached hydrogen (secondary N) is 2. The zero-order valence-electron chi connectivity index (χ0n) is 23.4. The molecule has 2 aromatic carbocycles. The number of hydrogen-bond donors (Lipinski definition) is 2. The molecule has 0 unspecified atom stereocenters. The number of morpholine rings is 1. The zero-order chi connectivity index (χ0) is 27.5. The van der Waals surface area contributed by atoms with Crippen LogP contribution in [0.4, 0.5) is 0 Å². The Labute approximate surface area is 235 Å². The number of imidazole rings is 1. The zero-order valence-corrected chi connectivity index (χ0v) is 23.4. The van der Waals surface area contributed by atoms with Gasteiger partial charge >= 0.3 is 0 Å². The maximum Gasteiger partial charge on any atom is 0.267 e. The Hall–Kier alpha value is -3.66. The molecule has 2 aromatic heterocycles. The van der Waals surface area contributed by atoms with Gasteiger partial charge in [-0.1, -0.05) is 12.1 Å². The van der Waals surface area contributed by atoms with E-state index < -0.39 is 0 Å². The second-order valence-corrected chi connectivity index (χ2v) is 10.8. The summed E-state index contributed by atoms with van der Waals surface area (Å²) in [5.74, 6) is 1.84. The lowest BCUT2D eigenvalue weighted by Crippen LogP contribution is -2.38. The topological polar surface area (TPSA) is 87.7 Å². The molecule has 0 aliphatic carbocycles. The Balaban J connectivity index is 1.09. The molecule has 9 heteroatoms. The van der Waals surface area contributed by atoms with Crippen LogP contribution < -0.4 is 10.1 Å². The number of rotatable bonds is 8. The van der Waals surface area contributed by atoms with Crippen LogP contribution in [0.3, 0.4) is 0 Å². The molecule has 1 saturated heterocycles. The van der Waals surface area contributed by atoms with Crippen molar-refractivity contribution in [3.63, 3.8) is 0 Å². The van der Waals surface area contributed by atoms with Crippen molar-refractivity contribution in [2.45, 2.75) is 26.4 Å². The van der Waals surface area contributed by atoms with Crippen molar-refractivity contribution in [2.75, 3.05) is 52.5 Å². The quantitative estimate of drug-likeness (QED) is 0.330. The maximum absolute atomic E-state index is 12.9. The van der Waals surface area contributed by atoms with E-state index in [2.05, 4.69) is 67.5 Å². The van der Waals surface area contributed by atoms with Gasteiger partial charge in [0.25, 0.3) is 5.91 Å². The van der Waals surface area contributed by atoms with Gasteiger partial charge in [-0.15, -0.1) is 0 Å². The van der Waals surface area contributed by atoms with Crippen molar-refractivity contribution < 1.29 is 14.3 Å². The van der Waals surface area contributed by atoms with E-state index in [9.17, 15) is 4.79 Å². The van der Waals surface area contributed by atoms with Gasteiger partial charge in [0, 0.05) is 57.6 Å². The van der Waals surface area contributed by atoms with Crippen LogP contribution in [0.1, 0.15) is 34.0 Å². The monoisotopic (exact) mass is 542 g/mol. The molecule has 0 saturated carbocycles. The molecule has 2 N–H and O–H groups in total. The van der Waals surface area contributed by atoms with Gasteiger partial charge in [-0.2, -0.15) is 0 Å². The first-order valence-electron chi connectivity index (χ1n) is 14.2. The Morgan fingerprint density at radius 3 is 2.67 bits per heavy atom. The van der Waals surface area contributed by atoms with Gasteiger partial charge in [-0.3, -0.25) is 14.6 Å². The lowest BCUT2D eigenvalue weighted by atomic mass is 10.0. The average molecular weight is 543 g/mol. The number of carbonyl (C=O) groups is 1. The van der Waals surface area contributed by atoms with Crippen LogP contribution in [0.2, 0.25) is 0 Å². The number of carbonyl (C=O) groups excluding carboxylic acids is 1. The molecular formula is C31H38N6O3. The van der Waals surface area contributed by atoms with E-state index in [1.54, 1.807) is 0 Å². The number of hydrogen-bond acceptors (Lipinski definition) is 6. The number of fused-ring (bicyclic) bond motifs is 2. The van der Waals surface area contributed by atoms with Crippen LogP contribution in [0, 0.1) is 6.92 Å². The van der Waals surface area contributed by atoms with E-state index in [1.807, 2.05) is 24.6 Å². The van der Waals surface area contributed by atoms with Crippen molar-refractivity contribution in [1.82, 2.24) is 29.7 Å².